The summed E-state index contributed by atoms with van der Waals surface area (Å²) in [6.07, 6.45) is 4.59. The molecular weight excluding hydrogens is 388 g/mol. The van der Waals surface area contributed by atoms with Gasteiger partial charge in [0.2, 0.25) is 0 Å². The lowest BCUT2D eigenvalue weighted by atomic mass is 10.00. The Hall–Kier alpha value is -3.94. The summed E-state index contributed by atoms with van der Waals surface area (Å²) >= 11 is 0. The number of hydrogen-bond donors (Lipinski definition) is 0. The Labute approximate surface area is 169 Å². The van der Waals surface area contributed by atoms with E-state index in [-0.39, 0.29) is 12.1 Å². The van der Waals surface area contributed by atoms with Crippen LogP contribution in [0.2, 0.25) is 0 Å². The number of pyridine rings is 1. The molecule has 0 atom stereocenters. The summed E-state index contributed by atoms with van der Waals surface area (Å²) in [5, 5.41) is 5.42. The van der Waals surface area contributed by atoms with Crippen molar-refractivity contribution in [1.82, 2.24) is 24.3 Å². The monoisotopic (exact) mass is 403 g/mol. The molecule has 0 N–H and O–H groups in total. The third-order valence-electron chi connectivity index (χ3n) is 5.04. The van der Waals surface area contributed by atoms with E-state index >= 15 is 0 Å². The topological polar surface area (TPSA) is 65.6 Å². The summed E-state index contributed by atoms with van der Waals surface area (Å²) in [5.74, 6) is -1.46. The van der Waals surface area contributed by atoms with Crippen molar-refractivity contribution in [1.29, 1.82) is 0 Å². The van der Waals surface area contributed by atoms with Crippen LogP contribution in [-0.2, 0) is 13.6 Å². The first-order valence-electron chi connectivity index (χ1n) is 9.22. The van der Waals surface area contributed by atoms with Crippen LogP contribution >= 0.6 is 0 Å². The number of hydrogen-bond acceptors (Lipinski definition) is 4. The van der Waals surface area contributed by atoms with Crippen molar-refractivity contribution in [2.45, 2.75) is 6.54 Å². The maximum Gasteiger partial charge on any atom is 0.263 e. The highest BCUT2D eigenvalue weighted by Crippen LogP contribution is 2.30. The number of nitrogens with zero attached hydrogens (tertiary/aromatic N) is 5. The molecule has 0 aliphatic rings. The quantitative estimate of drug-likeness (QED) is 0.461. The van der Waals surface area contributed by atoms with Crippen LogP contribution in [0.3, 0.4) is 0 Å². The van der Waals surface area contributed by atoms with Crippen LogP contribution in [0.1, 0.15) is 5.56 Å². The van der Waals surface area contributed by atoms with Gasteiger partial charge in [-0.3, -0.25) is 14.0 Å². The zero-order valence-corrected chi connectivity index (χ0v) is 15.9. The molecule has 0 saturated heterocycles. The number of halogens is 2. The minimum atomic E-state index is -0.732. The molecule has 0 aliphatic heterocycles. The molecule has 3 aromatic heterocycles. The molecule has 0 amide bonds. The Kier molecular flexibility index (Phi) is 4.13. The summed E-state index contributed by atoms with van der Waals surface area (Å²) in [6, 6.07) is 11.2. The molecule has 0 spiro atoms. The Balaban J connectivity index is 1.59. The maximum atomic E-state index is 14.9. The summed E-state index contributed by atoms with van der Waals surface area (Å²) in [6.45, 7) is -0.272. The molecule has 2 aromatic carbocycles. The summed E-state index contributed by atoms with van der Waals surface area (Å²) in [4.78, 5) is 20.7. The molecule has 0 aliphatic carbocycles. The van der Waals surface area contributed by atoms with E-state index in [9.17, 15) is 13.6 Å². The van der Waals surface area contributed by atoms with E-state index in [2.05, 4.69) is 15.1 Å². The Morgan fingerprint density at radius 3 is 2.60 bits per heavy atom. The van der Waals surface area contributed by atoms with Crippen LogP contribution in [0, 0.1) is 11.6 Å². The number of fused-ring (bicyclic) bond motifs is 2. The minimum Gasteiger partial charge on any atom is -0.294 e. The fourth-order valence-electron chi connectivity index (χ4n) is 3.60. The van der Waals surface area contributed by atoms with Crippen LogP contribution < -0.4 is 5.56 Å². The van der Waals surface area contributed by atoms with E-state index in [1.54, 1.807) is 36.0 Å². The zero-order valence-electron chi connectivity index (χ0n) is 15.9. The molecule has 3 heterocycles. The van der Waals surface area contributed by atoms with Crippen molar-refractivity contribution in [2.75, 3.05) is 0 Å². The van der Waals surface area contributed by atoms with Crippen LogP contribution in [0.4, 0.5) is 8.78 Å². The van der Waals surface area contributed by atoms with E-state index < -0.39 is 17.2 Å². The first kappa shape index (κ1) is 18.1. The summed E-state index contributed by atoms with van der Waals surface area (Å²) in [7, 11) is 1.79. The van der Waals surface area contributed by atoms with E-state index in [1.807, 2.05) is 12.3 Å². The minimum absolute atomic E-state index is 0.204. The lowest BCUT2D eigenvalue weighted by molar-refractivity contribution is 0.541. The van der Waals surface area contributed by atoms with Crippen molar-refractivity contribution in [2.24, 2.45) is 7.05 Å². The molecule has 30 heavy (non-hydrogen) atoms. The van der Waals surface area contributed by atoms with Gasteiger partial charge in [-0.05, 0) is 41.5 Å². The first-order valence-corrected chi connectivity index (χ1v) is 9.22. The second kappa shape index (κ2) is 6.84. The highest BCUT2D eigenvalue weighted by molar-refractivity contribution is 5.94. The second-order valence-corrected chi connectivity index (χ2v) is 7.01. The highest BCUT2D eigenvalue weighted by Gasteiger charge is 2.16. The Bertz CT molecular complexity index is 1470. The second-order valence-electron chi connectivity index (χ2n) is 7.01. The summed E-state index contributed by atoms with van der Waals surface area (Å²) in [5.41, 5.74) is 1.50. The van der Waals surface area contributed by atoms with Gasteiger partial charge in [-0.15, -0.1) is 0 Å². The van der Waals surface area contributed by atoms with Gasteiger partial charge in [0, 0.05) is 30.4 Å². The van der Waals surface area contributed by atoms with Gasteiger partial charge in [-0.1, -0.05) is 12.1 Å². The summed E-state index contributed by atoms with van der Waals surface area (Å²) < 4.78 is 32.7. The maximum absolute atomic E-state index is 14.9. The SMILES string of the molecule is Cn1cc2c(-c3cc(F)c(Cn4cnc5ncccc5c4=O)c(F)c3)cccc2n1. The van der Waals surface area contributed by atoms with Crippen molar-refractivity contribution >= 4 is 21.9 Å². The smallest absolute Gasteiger partial charge is 0.263 e. The average molecular weight is 403 g/mol. The molecule has 6 nitrogen and oxygen atoms in total. The van der Waals surface area contributed by atoms with Crippen LogP contribution in [0.25, 0.3) is 33.1 Å². The molecule has 5 rings (SSSR count). The van der Waals surface area contributed by atoms with Gasteiger partial charge < -0.3 is 0 Å². The van der Waals surface area contributed by atoms with E-state index in [1.165, 1.54) is 29.2 Å². The van der Waals surface area contributed by atoms with Crippen LogP contribution in [-0.4, -0.2) is 24.3 Å². The molecule has 0 unspecified atom stereocenters. The number of benzene rings is 2. The van der Waals surface area contributed by atoms with Crippen molar-refractivity contribution < 1.29 is 8.78 Å². The van der Waals surface area contributed by atoms with Crippen molar-refractivity contribution in [3.8, 4) is 11.1 Å². The first-order chi connectivity index (χ1) is 14.5. The lowest BCUT2D eigenvalue weighted by Crippen LogP contribution is -2.22. The molecule has 0 bridgehead atoms. The lowest BCUT2D eigenvalue weighted by Gasteiger charge is -2.11. The van der Waals surface area contributed by atoms with Crippen LogP contribution in [0.5, 0.6) is 0 Å². The van der Waals surface area contributed by atoms with Crippen molar-refractivity contribution in [3.63, 3.8) is 0 Å². The standard InChI is InChI=1S/C22H15F2N5O/c1-28-10-16-14(4-2-6-20(16)27-28)13-8-18(23)17(19(24)9-13)11-29-12-26-21-15(22(29)30)5-3-7-25-21/h2-10,12H,11H2,1H3. The van der Waals surface area contributed by atoms with Gasteiger partial charge in [0.25, 0.3) is 5.56 Å². The third-order valence-corrected chi connectivity index (χ3v) is 5.04. The molecule has 0 saturated carbocycles. The highest BCUT2D eigenvalue weighted by atomic mass is 19.1. The molecule has 5 aromatic rings. The van der Waals surface area contributed by atoms with Gasteiger partial charge >= 0.3 is 0 Å². The van der Waals surface area contributed by atoms with Gasteiger partial charge in [0.1, 0.15) is 18.0 Å². The fourth-order valence-corrected chi connectivity index (χ4v) is 3.60. The van der Waals surface area contributed by atoms with Crippen LogP contribution in [0.15, 0.2) is 66.0 Å². The molecule has 148 valence electrons. The normalized spacial score (nSPS) is 11.4. The van der Waals surface area contributed by atoms with E-state index in [0.29, 0.717) is 22.2 Å². The Morgan fingerprint density at radius 1 is 1.00 bits per heavy atom. The zero-order chi connectivity index (χ0) is 20.8. The number of aryl methyl sites for hydroxylation is 1. The average Bonchev–Trinajstić information content (AvgIpc) is 3.12. The fraction of sp³-hybridized carbons (Fsp3) is 0.0909. The third kappa shape index (κ3) is 2.93. The van der Waals surface area contributed by atoms with Gasteiger partial charge in [0.15, 0.2) is 5.65 Å². The number of rotatable bonds is 3. The molecule has 0 radical (unpaired) electrons. The number of aromatic nitrogens is 5. The molecule has 0 fully saturated rings. The van der Waals surface area contributed by atoms with Gasteiger partial charge in [-0.2, -0.15) is 5.10 Å². The van der Waals surface area contributed by atoms with E-state index in [0.717, 1.165) is 10.9 Å². The van der Waals surface area contributed by atoms with Gasteiger partial charge in [-0.25, -0.2) is 18.7 Å². The Morgan fingerprint density at radius 2 is 1.80 bits per heavy atom. The van der Waals surface area contributed by atoms with Crippen molar-refractivity contribution in [3.05, 3.63) is 88.7 Å². The molecular formula is C22H15F2N5O. The van der Waals surface area contributed by atoms with Gasteiger partial charge in [0.05, 0.1) is 17.4 Å². The molecule has 8 heteroatoms. The van der Waals surface area contributed by atoms with E-state index in [4.69, 9.17) is 0 Å². The largest absolute Gasteiger partial charge is 0.294 e. The predicted octanol–water partition coefficient (Wildman–Crippen LogP) is 3.67. The predicted molar refractivity (Wildman–Crippen MR) is 109 cm³/mol.